The lowest BCUT2D eigenvalue weighted by Crippen LogP contribution is -2.45. The smallest absolute Gasteiger partial charge is 0.338 e. The van der Waals surface area contributed by atoms with Crippen molar-refractivity contribution in [1.29, 1.82) is 0 Å². The molecule has 0 spiro atoms. The normalized spacial score (nSPS) is 14.2. The van der Waals surface area contributed by atoms with Crippen LogP contribution in [0.1, 0.15) is 36.6 Å². The molecule has 246 valence electrons. The van der Waals surface area contributed by atoms with Crippen LogP contribution in [0.3, 0.4) is 0 Å². The van der Waals surface area contributed by atoms with Crippen molar-refractivity contribution in [2.75, 3.05) is 20.3 Å². The van der Waals surface area contributed by atoms with Crippen molar-refractivity contribution in [1.82, 2.24) is 16.1 Å². The number of nitrogens with zero attached hydrogens (tertiary/aromatic N) is 2. The van der Waals surface area contributed by atoms with Crippen molar-refractivity contribution in [2.24, 2.45) is 5.10 Å². The van der Waals surface area contributed by atoms with Crippen LogP contribution in [-0.4, -0.2) is 49.4 Å². The van der Waals surface area contributed by atoms with Crippen LogP contribution in [0.5, 0.6) is 17.2 Å². The summed E-state index contributed by atoms with van der Waals surface area (Å²) < 4.78 is 35.2. The van der Waals surface area contributed by atoms with Gasteiger partial charge in [0, 0.05) is 17.3 Å². The Balaban J connectivity index is 1.39. The van der Waals surface area contributed by atoms with Gasteiger partial charge in [0.1, 0.15) is 12.4 Å². The minimum absolute atomic E-state index is 0.0281. The van der Waals surface area contributed by atoms with Crippen molar-refractivity contribution in [3.8, 4) is 17.2 Å². The number of nitro benzene ring substituents is 1. The van der Waals surface area contributed by atoms with E-state index in [-0.39, 0.29) is 51.8 Å². The molecular formula is C31H29BrFN5O9. The number of rotatable bonds is 13. The number of benzene rings is 3. The number of nitrogens with one attached hydrogen (secondary N) is 3. The van der Waals surface area contributed by atoms with E-state index in [1.165, 1.54) is 55.8 Å². The second-order valence-electron chi connectivity index (χ2n) is 9.81. The highest BCUT2D eigenvalue weighted by Gasteiger charge is 2.32. The first-order valence-electron chi connectivity index (χ1n) is 13.9. The maximum atomic E-state index is 13.2. The number of nitro groups is 1. The molecule has 47 heavy (non-hydrogen) atoms. The number of methoxy groups -OCH3 is 1. The fourth-order valence-corrected chi connectivity index (χ4v) is 5.03. The number of esters is 1. The highest BCUT2D eigenvalue weighted by Crippen LogP contribution is 2.37. The van der Waals surface area contributed by atoms with E-state index in [2.05, 4.69) is 37.1 Å². The Morgan fingerprint density at radius 3 is 2.55 bits per heavy atom. The van der Waals surface area contributed by atoms with Crippen LogP contribution in [0.4, 0.5) is 14.9 Å². The molecule has 0 radical (unpaired) electrons. The average Bonchev–Trinajstić information content (AvgIpc) is 3.03. The topological polar surface area (TPSA) is 180 Å². The van der Waals surface area contributed by atoms with Crippen LogP contribution in [0, 0.1) is 15.9 Å². The SMILES string of the molecule is CCOC(=O)C1=C(C)NC(=O)N[C@@H]1c1ccc(OCC(=O)N/N=C/c2cc(Br)c(OCc3ccc(F)cc3)c([N+](=O)[O-])c2)c(OC)c1. The molecule has 3 aromatic carbocycles. The third-order valence-corrected chi connectivity index (χ3v) is 7.18. The van der Waals surface area contributed by atoms with Gasteiger partial charge in [-0.25, -0.2) is 19.4 Å². The monoisotopic (exact) mass is 713 g/mol. The van der Waals surface area contributed by atoms with E-state index < -0.39 is 41.3 Å². The van der Waals surface area contributed by atoms with Gasteiger partial charge < -0.3 is 29.6 Å². The molecule has 0 saturated carbocycles. The van der Waals surface area contributed by atoms with Gasteiger partial charge in [0.05, 0.1) is 40.9 Å². The number of amides is 3. The molecule has 0 aliphatic carbocycles. The van der Waals surface area contributed by atoms with Crippen molar-refractivity contribution in [3.63, 3.8) is 0 Å². The van der Waals surface area contributed by atoms with Crippen LogP contribution < -0.4 is 30.3 Å². The molecule has 0 saturated heterocycles. The molecule has 3 aromatic rings. The molecule has 16 heteroatoms. The summed E-state index contributed by atoms with van der Waals surface area (Å²) in [7, 11) is 1.39. The molecule has 0 unspecified atom stereocenters. The van der Waals surface area contributed by atoms with E-state index in [9.17, 15) is 28.9 Å². The van der Waals surface area contributed by atoms with E-state index in [4.69, 9.17) is 18.9 Å². The zero-order valence-electron chi connectivity index (χ0n) is 25.3. The third-order valence-electron chi connectivity index (χ3n) is 6.59. The largest absolute Gasteiger partial charge is 0.493 e. The Morgan fingerprint density at radius 1 is 1.13 bits per heavy atom. The van der Waals surface area contributed by atoms with Gasteiger partial charge in [-0.05, 0) is 71.2 Å². The lowest BCUT2D eigenvalue weighted by Gasteiger charge is -2.28. The molecule has 0 bridgehead atoms. The first-order valence-corrected chi connectivity index (χ1v) is 14.7. The Labute approximate surface area is 276 Å². The number of urea groups is 1. The van der Waals surface area contributed by atoms with Gasteiger partial charge in [-0.2, -0.15) is 5.10 Å². The fourth-order valence-electron chi connectivity index (χ4n) is 4.45. The molecule has 3 N–H and O–H groups in total. The van der Waals surface area contributed by atoms with E-state index in [1.54, 1.807) is 26.0 Å². The van der Waals surface area contributed by atoms with Gasteiger partial charge >= 0.3 is 17.7 Å². The lowest BCUT2D eigenvalue weighted by molar-refractivity contribution is -0.386. The zero-order chi connectivity index (χ0) is 34.1. The summed E-state index contributed by atoms with van der Waals surface area (Å²) in [5.41, 5.74) is 3.91. The second-order valence-corrected chi connectivity index (χ2v) is 10.7. The first kappa shape index (κ1) is 34.4. The van der Waals surface area contributed by atoms with Crippen LogP contribution in [-0.2, 0) is 20.9 Å². The molecule has 14 nitrogen and oxygen atoms in total. The standard InChI is InChI=1S/C31H29BrFN5O9/c1-4-45-30(40)27-17(2)35-31(41)36-28(27)20-7-10-24(25(13-20)44-3)46-16-26(39)37-34-14-19-11-22(32)29(23(12-19)38(42)43)47-15-18-5-8-21(33)9-6-18/h5-14,28H,4,15-16H2,1-3H3,(H,37,39)(H2,35,36,41)/b34-14+/t28-/m1/s1. The summed E-state index contributed by atoms with van der Waals surface area (Å²) in [6, 6.07) is 11.6. The van der Waals surface area contributed by atoms with E-state index >= 15 is 0 Å². The van der Waals surface area contributed by atoms with E-state index in [1.807, 2.05) is 0 Å². The van der Waals surface area contributed by atoms with E-state index in [0.29, 0.717) is 16.8 Å². The highest BCUT2D eigenvalue weighted by atomic mass is 79.9. The van der Waals surface area contributed by atoms with Gasteiger partial charge in [-0.3, -0.25) is 14.9 Å². The maximum Gasteiger partial charge on any atom is 0.338 e. The number of carbonyl (C=O) groups excluding carboxylic acids is 3. The summed E-state index contributed by atoms with van der Waals surface area (Å²) in [5.74, 6) is -1.25. The average molecular weight is 715 g/mol. The highest BCUT2D eigenvalue weighted by molar-refractivity contribution is 9.10. The molecule has 1 aliphatic rings. The molecule has 1 atom stereocenters. The Hall–Kier alpha value is -5.51. The molecule has 1 aliphatic heterocycles. The number of hydrogen-bond acceptors (Lipinski definition) is 10. The predicted molar refractivity (Wildman–Crippen MR) is 169 cm³/mol. The third kappa shape index (κ3) is 8.82. The van der Waals surface area contributed by atoms with Crippen molar-refractivity contribution in [3.05, 3.63) is 103 Å². The van der Waals surface area contributed by atoms with Crippen LogP contribution >= 0.6 is 15.9 Å². The Kier molecular flexibility index (Phi) is 11.5. The minimum atomic E-state index is -0.824. The van der Waals surface area contributed by atoms with Gasteiger partial charge in [0.2, 0.25) is 5.75 Å². The number of ether oxygens (including phenoxy) is 4. The fraction of sp³-hybridized carbons (Fsp3) is 0.226. The van der Waals surface area contributed by atoms with Crippen molar-refractivity contribution >= 4 is 45.7 Å². The lowest BCUT2D eigenvalue weighted by atomic mass is 9.95. The van der Waals surface area contributed by atoms with Crippen molar-refractivity contribution < 1.29 is 42.6 Å². The molecule has 0 fully saturated rings. The number of halogens is 2. The quantitative estimate of drug-likeness (QED) is 0.0970. The van der Waals surface area contributed by atoms with Crippen molar-refractivity contribution in [2.45, 2.75) is 26.5 Å². The Bertz CT molecular complexity index is 1750. The number of allylic oxidation sites excluding steroid dienone is 1. The van der Waals surface area contributed by atoms with Crippen LogP contribution in [0.25, 0.3) is 0 Å². The number of hydrogen-bond donors (Lipinski definition) is 3. The molecular weight excluding hydrogens is 685 g/mol. The molecule has 0 aromatic heterocycles. The van der Waals surface area contributed by atoms with Crippen LogP contribution in [0.15, 0.2) is 75.4 Å². The number of carbonyl (C=O) groups is 3. The Morgan fingerprint density at radius 2 is 1.87 bits per heavy atom. The van der Waals surface area contributed by atoms with Gasteiger partial charge in [-0.15, -0.1) is 0 Å². The zero-order valence-corrected chi connectivity index (χ0v) is 26.9. The van der Waals surface area contributed by atoms with Gasteiger partial charge in [0.15, 0.2) is 18.1 Å². The molecule has 3 amide bonds. The second kappa shape index (κ2) is 15.7. The summed E-state index contributed by atoms with van der Waals surface area (Å²) in [4.78, 5) is 48.3. The summed E-state index contributed by atoms with van der Waals surface area (Å²) >= 11 is 3.27. The summed E-state index contributed by atoms with van der Waals surface area (Å²) in [6.45, 7) is 2.92. The summed E-state index contributed by atoms with van der Waals surface area (Å²) in [5, 5.41) is 20.8. The van der Waals surface area contributed by atoms with Crippen LogP contribution in [0.2, 0.25) is 0 Å². The summed E-state index contributed by atoms with van der Waals surface area (Å²) in [6.07, 6.45) is 1.21. The van der Waals surface area contributed by atoms with E-state index in [0.717, 1.165) is 0 Å². The van der Waals surface area contributed by atoms with Gasteiger partial charge in [-0.1, -0.05) is 18.2 Å². The predicted octanol–water partition coefficient (Wildman–Crippen LogP) is 4.80. The maximum absolute atomic E-state index is 13.2. The number of hydrazone groups is 1. The minimum Gasteiger partial charge on any atom is -0.493 e. The molecule has 1 heterocycles. The van der Waals surface area contributed by atoms with Gasteiger partial charge in [0.25, 0.3) is 5.91 Å². The first-order chi connectivity index (χ1) is 22.5. The molecule has 4 rings (SSSR count).